The van der Waals surface area contributed by atoms with Crippen LogP contribution in [0, 0.1) is 30.6 Å². The van der Waals surface area contributed by atoms with Crippen LogP contribution in [-0.2, 0) is 10.2 Å². The number of rotatable bonds is 3. The number of benzene rings is 1. The van der Waals surface area contributed by atoms with Crippen molar-refractivity contribution in [3.8, 4) is 0 Å². The first-order chi connectivity index (χ1) is 12.5. The minimum Gasteiger partial charge on any atom is -0.393 e. The normalized spacial score (nSPS) is 41.3. The van der Waals surface area contributed by atoms with Crippen molar-refractivity contribution in [1.29, 1.82) is 0 Å². The topological polar surface area (TPSA) is 60.8 Å². The molecule has 1 aromatic rings. The second kappa shape index (κ2) is 5.80. The first-order valence-electron chi connectivity index (χ1n) is 10.2. The van der Waals surface area contributed by atoms with Gasteiger partial charge in [0.1, 0.15) is 0 Å². The summed E-state index contributed by atoms with van der Waals surface area (Å²) in [6.07, 6.45) is 4.31. The highest BCUT2D eigenvalue weighted by Crippen LogP contribution is 2.64. The Hall–Kier alpha value is -1.39. The van der Waals surface area contributed by atoms with E-state index in [9.17, 15) is 15.0 Å². The van der Waals surface area contributed by atoms with E-state index < -0.39 is 0 Å². The summed E-state index contributed by atoms with van der Waals surface area (Å²) in [5.41, 5.74) is 2.49. The van der Waals surface area contributed by atoms with E-state index in [1.165, 1.54) is 11.1 Å². The van der Waals surface area contributed by atoms with Crippen LogP contribution in [0.25, 0.3) is 0 Å². The number of aryl methyl sites for hydroxylation is 1. The van der Waals surface area contributed by atoms with Gasteiger partial charge < -0.3 is 15.1 Å². The summed E-state index contributed by atoms with van der Waals surface area (Å²) in [5.74, 6) is 2.04. The molecule has 0 unspecified atom stereocenters. The van der Waals surface area contributed by atoms with Crippen molar-refractivity contribution in [2.24, 2.45) is 23.7 Å². The van der Waals surface area contributed by atoms with Crippen molar-refractivity contribution in [1.82, 2.24) is 4.90 Å². The maximum atomic E-state index is 13.0. The van der Waals surface area contributed by atoms with Crippen LogP contribution in [-0.4, -0.2) is 46.3 Å². The highest BCUT2D eigenvalue weighted by Gasteiger charge is 2.61. The van der Waals surface area contributed by atoms with E-state index in [1.54, 1.807) is 0 Å². The summed E-state index contributed by atoms with van der Waals surface area (Å²) in [6.45, 7) is 3.08. The van der Waals surface area contributed by atoms with Gasteiger partial charge in [0.05, 0.1) is 12.2 Å². The minimum atomic E-state index is -0.345. The predicted octanol–water partition coefficient (Wildman–Crippen LogP) is 2.25. The van der Waals surface area contributed by atoms with Gasteiger partial charge in [-0.1, -0.05) is 29.8 Å². The number of amides is 1. The van der Waals surface area contributed by atoms with Gasteiger partial charge in [0.15, 0.2) is 0 Å². The van der Waals surface area contributed by atoms with Gasteiger partial charge >= 0.3 is 0 Å². The summed E-state index contributed by atoms with van der Waals surface area (Å²) >= 11 is 0. The van der Waals surface area contributed by atoms with Crippen molar-refractivity contribution < 1.29 is 15.0 Å². The zero-order chi connectivity index (χ0) is 18.1. The van der Waals surface area contributed by atoms with Crippen LogP contribution in [0.1, 0.15) is 43.2 Å². The van der Waals surface area contributed by atoms with Crippen molar-refractivity contribution >= 4 is 5.91 Å². The van der Waals surface area contributed by atoms with Gasteiger partial charge in [-0.25, -0.2) is 0 Å². The first kappa shape index (κ1) is 16.8. The maximum Gasteiger partial charge on any atom is 0.223 e. The molecule has 4 saturated carbocycles. The minimum absolute atomic E-state index is 0.0849. The quantitative estimate of drug-likeness (QED) is 0.874. The van der Waals surface area contributed by atoms with Crippen molar-refractivity contribution in [2.45, 2.75) is 56.7 Å². The number of nitrogens with zero attached hydrogens (tertiary/aromatic N) is 1. The van der Waals surface area contributed by atoms with Gasteiger partial charge in [0.2, 0.25) is 5.91 Å². The maximum absolute atomic E-state index is 13.0. The van der Waals surface area contributed by atoms with Crippen molar-refractivity contribution in [2.75, 3.05) is 13.1 Å². The van der Waals surface area contributed by atoms with Gasteiger partial charge in [-0.2, -0.15) is 0 Å². The van der Waals surface area contributed by atoms with Gasteiger partial charge in [-0.05, 0) is 61.8 Å². The molecule has 0 spiro atoms. The van der Waals surface area contributed by atoms with E-state index in [1.807, 2.05) is 4.90 Å². The Balaban J connectivity index is 1.52. The molecule has 1 saturated heterocycles. The molecular weight excluding hydrogens is 326 g/mol. The van der Waals surface area contributed by atoms with E-state index in [4.69, 9.17) is 0 Å². The monoisotopic (exact) mass is 355 g/mol. The number of hydrogen-bond acceptors (Lipinski definition) is 3. The molecule has 26 heavy (non-hydrogen) atoms. The van der Waals surface area contributed by atoms with Gasteiger partial charge in [-0.15, -0.1) is 0 Å². The molecule has 4 aliphatic carbocycles. The van der Waals surface area contributed by atoms with Crippen LogP contribution < -0.4 is 0 Å². The van der Waals surface area contributed by atoms with E-state index in [0.717, 1.165) is 25.7 Å². The molecule has 5 fully saturated rings. The number of aliphatic hydroxyl groups excluding tert-OH is 2. The number of hydrogen-bond donors (Lipinski definition) is 2. The fourth-order valence-electron chi connectivity index (χ4n) is 6.71. The third kappa shape index (κ3) is 2.31. The third-order valence-electron chi connectivity index (χ3n) is 8.02. The summed E-state index contributed by atoms with van der Waals surface area (Å²) in [6, 6.07) is 8.84. The molecule has 4 bridgehead atoms. The Morgan fingerprint density at radius 3 is 2.08 bits per heavy atom. The molecule has 0 aromatic heterocycles. The van der Waals surface area contributed by atoms with Crippen LogP contribution in [0.2, 0.25) is 0 Å². The SMILES string of the molecule is Cc1ccc(C2(CC(=O)N3CC(O)C3)C3CC4CC2CC(C3)C4O)cc1. The predicted molar refractivity (Wildman–Crippen MR) is 98.5 cm³/mol. The number of aliphatic hydroxyl groups is 2. The Kier molecular flexibility index (Phi) is 3.74. The Morgan fingerprint density at radius 2 is 1.58 bits per heavy atom. The molecule has 1 aromatic carbocycles. The summed E-state index contributed by atoms with van der Waals surface area (Å²) < 4.78 is 0. The fourth-order valence-corrected chi connectivity index (χ4v) is 6.71. The molecule has 1 aliphatic heterocycles. The average molecular weight is 355 g/mol. The van der Waals surface area contributed by atoms with Crippen LogP contribution >= 0.6 is 0 Å². The fraction of sp³-hybridized carbons (Fsp3) is 0.682. The Bertz CT molecular complexity index is 677. The Labute approximate surface area is 155 Å². The zero-order valence-electron chi connectivity index (χ0n) is 15.5. The molecule has 0 radical (unpaired) electrons. The van der Waals surface area contributed by atoms with Crippen LogP contribution in [0.3, 0.4) is 0 Å². The summed E-state index contributed by atoms with van der Waals surface area (Å²) in [4.78, 5) is 14.9. The smallest absolute Gasteiger partial charge is 0.223 e. The molecule has 4 nitrogen and oxygen atoms in total. The highest BCUT2D eigenvalue weighted by molar-refractivity contribution is 5.79. The molecule has 5 aliphatic rings. The molecule has 4 heteroatoms. The lowest BCUT2D eigenvalue weighted by Gasteiger charge is -2.63. The molecular formula is C22H29NO3. The average Bonchev–Trinajstić information content (AvgIpc) is 2.57. The molecule has 6 rings (SSSR count). The zero-order valence-corrected chi connectivity index (χ0v) is 15.5. The van der Waals surface area contributed by atoms with E-state index >= 15 is 0 Å². The van der Waals surface area contributed by atoms with Gasteiger partial charge in [-0.3, -0.25) is 4.79 Å². The molecule has 140 valence electrons. The first-order valence-corrected chi connectivity index (χ1v) is 10.2. The van der Waals surface area contributed by atoms with Gasteiger partial charge in [0, 0.05) is 24.9 Å². The number of carbonyl (C=O) groups is 1. The van der Waals surface area contributed by atoms with E-state index in [0.29, 0.717) is 43.2 Å². The second-order valence-electron chi connectivity index (χ2n) is 9.38. The lowest BCUT2D eigenvalue weighted by Crippen LogP contribution is -2.62. The number of carbonyl (C=O) groups excluding carboxylic acids is 1. The van der Waals surface area contributed by atoms with Crippen molar-refractivity contribution in [3.63, 3.8) is 0 Å². The number of likely N-dealkylation sites (tertiary alicyclic amines) is 1. The van der Waals surface area contributed by atoms with E-state index in [-0.39, 0.29) is 23.5 Å². The van der Waals surface area contributed by atoms with Gasteiger partial charge in [0.25, 0.3) is 0 Å². The summed E-state index contributed by atoms with van der Waals surface area (Å²) in [7, 11) is 0. The summed E-state index contributed by atoms with van der Waals surface area (Å²) in [5, 5.41) is 20.1. The molecule has 1 heterocycles. The van der Waals surface area contributed by atoms with Crippen molar-refractivity contribution in [3.05, 3.63) is 35.4 Å². The Morgan fingerprint density at radius 1 is 1.04 bits per heavy atom. The number of β-amino-alcohol motifs (C(OH)–C–C–N with tert-alkyl or cyclic N) is 1. The highest BCUT2D eigenvalue weighted by atomic mass is 16.3. The third-order valence-corrected chi connectivity index (χ3v) is 8.02. The van der Waals surface area contributed by atoms with E-state index in [2.05, 4.69) is 31.2 Å². The van der Waals surface area contributed by atoms with Crippen LogP contribution in [0.15, 0.2) is 24.3 Å². The lowest BCUT2D eigenvalue weighted by atomic mass is 9.42. The molecule has 1 amide bonds. The molecule has 2 N–H and O–H groups in total. The standard InChI is InChI=1S/C22H29NO3/c1-13-2-4-16(5-3-13)22(10-20(25)23-11-19(24)12-23)17-6-14-7-18(22)9-15(8-17)21(14)26/h2-5,14-15,17-19,21,24,26H,6-12H2,1H3. The lowest BCUT2D eigenvalue weighted by molar-refractivity contribution is -0.158. The largest absolute Gasteiger partial charge is 0.393 e. The molecule has 0 atom stereocenters. The van der Waals surface area contributed by atoms with Crippen LogP contribution in [0.5, 0.6) is 0 Å². The second-order valence-corrected chi connectivity index (χ2v) is 9.38. The van der Waals surface area contributed by atoms with Crippen LogP contribution in [0.4, 0.5) is 0 Å².